The Kier molecular flexibility index (Phi) is 5.30. The molecule has 2 rings (SSSR count). The van der Waals surface area contributed by atoms with Gasteiger partial charge < -0.3 is 10.1 Å². The second-order valence-electron chi connectivity index (χ2n) is 4.83. The summed E-state index contributed by atoms with van der Waals surface area (Å²) in [5, 5.41) is 16.3. The van der Waals surface area contributed by atoms with Crippen LogP contribution in [-0.4, -0.2) is 18.6 Å². The molecule has 0 amide bonds. The summed E-state index contributed by atoms with van der Waals surface area (Å²) < 4.78 is 5.12. The van der Waals surface area contributed by atoms with Crippen LogP contribution in [0, 0.1) is 10.1 Å². The smallest absolute Gasteiger partial charge is 0.269 e. The molecular weight excluding hydrogens is 288 g/mol. The van der Waals surface area contributed by atoms with Gasteiger partial charge in [-0.15, -0.1) is 11.3 Å². The second-order valence-corrected chi connectivity index (χ2v) is 5.81. The van der Waals surface area contributed by atoms with E-state index in [1.807, 2.05) is 6.07 Å². The Bertz CT molecular complexity index is 599. The maximum atomic E-state index is 10.8. The van der Waals surface area contributed by atoms with E-state index in [1.165, 1.54) is 10.9 Å². The molecule has 0 saturated carbocycles. The SMILES string of the molecule is COCc1cc([N+](=O)[O-])ccc1NCC(C)c1cccs1. The van der Waals surface area contributed by atoms with Crippen LogP contribution < -0.4 is 5.32 Å². The van der Waals surface area contributed by atoms with Gasteiger partial charge >= 0.3 is 0 Å². The topological polar surface area (TPSA) is 64.4 Å². The summed E-state index contributed by atoms with van der Waals surface area (Å²) >= 11 is 1.73. The van der Waals surface area contributed by atoms with Gasteiger partial charge in [0.2, 0.25) is 0 Å². The zero-order valence-electron chi connectivity index (χ0n) is 12.0. The molecule has 21 heavy (non-hydrogen) atoms. The number of rotatable bonds is 7. The first kappa shape index (κ1) is 15.5. The van der Waals surface area contributed by atoms with Gasteiger partial charge in [-0.25, -0.2) is 0 Å². The fourth-order valence-electron chi connectivity index (χ4n) is 2.08. The number of hydrogen-bond acceptors (Lipinski definition) is 5. The van der Waals surface area contributed by atoms with Crippen LogP contribution in [0.3, 0.4) is 0 Å². The molecule has 2 aromatic rings. The van der Waals surface area contributed by atoms with Gasteiger partial charge in [0.05, 0.1) is 11.5 Å². The van der Waals surface area contributed by atoms with Crippen LogP contribution in [0.1, 0.15) is 23.3 Å². The molecule has 0 aliphatic heterocycles. The number of ether oxygens (including phenoxy) is 1. The molecule has 0 aliphatic carbocycles. The minimum Gasteiger partial charge on any atom is -0.384 e. The third kappa shape index (κ3) is 4.03. The van der Waals surface area contributed by atoms with Gasteiger partial charge in [-0.2, -0.15) is 0 Å². The lowest BCUT2D eigenvalue weighted by molar-refractivity contribution is -0.384. The number of nitrogens with one attached hydrogen (secondary N) is 1. The number of benzene rings is 1. The van der Waals surface area contributed by atoms with E-state index in [0.717, 1.165) is 17.8 Å². The van der Waals surface area contributed by atoms with E-state index in [4.69, 9.17) is 4.74 Å². The van der Waals surface area contributed by atoms with E-state index in [2.05, 4.69) is 23.7 Å². The third-order valence-electron chi connectivity index (χ3n) is 3.23. The normalized spacial score (nSPS) is 12.1. The first-order valence-electron chi connectivity index (χ1n) is 6.65. The zero-order chi connectivity index (χ0) is 15.2. The van der Waals surface area contributed by atoms with E-state index < -0.39 is 4.92 Å². The average Bonchev–Trinajstić information content (AvgIpc) is 3.00. The van der Waals surface area contributed by atoms with Crippen molar-refractivity contribution in [3.05, 3.63) is 56.3 Å². The molecule has 112 valence electrons. The van der Waals surface area contributed by atoms with Crippen LogP contribution in [0.2, 0.25) is 0 Å². The Balaban J connectivity index is 2.09. The maximum absolute atomic E-state index is 10.8. The van der Waals surface area contributed by atoms with Crippen molar-refractivity contribution >= 4 is 22.7 Å². The van der Waals surface area contributed by atoms with Crippen molar-refractivity contribution in [3.8, 4) is 0 Å². The van der Waals surface area contributed by atoms with Gasteiger partial charge in [0, 0.05) is 47.8 Å². The summed E-state index contributed by atoms with van der Waals surface area (Å²) in [5.41, 5.74) is 1.76. The van der Waals surface area contributed by atoms with Gasteiger partial charge in [-0.3, -0.25) is 10.1 Å². The summed E-state index contributed by atoms with van der Waals surface area (Å²) in [6.45, 7) is 3.27. The van der Waals surface area contributed by atoms with Crippen molar-refractivity contribution in [2.24, 2.45) is 0 Å². The number of nitro groups is 1. The molecule has 0 bridgehead atoms. The van der Waals surface area contributed by atoms with Gasteiger partial charge in [-0.1, -0.05) is 13.0 Å². The first-order valence-corrected chi connectivity index (χ1v) is 7.53. The molecule has 0 spiro atoms. The van der Waals surface area contributed by atoms with Gasteiger partial charge in [-0.05, 0) is 17.5 Å². The summed E-state index contributed by atoms with van der Waals surface area (Å²) in [7, 11) is 1.58. The fraction of sp³-hybridized carbons (Fsp3) is 0.333. The number of methoxy groups -OCH3 is 1. The Labute approximate surface area is 127 Å². The lowest BCUT2D eigenvalue weighted by Gasteiger charge is -2.15. The molecule has 1 N–H and O–H groups in total. The van der Waals surface area contributed by atoms with E-state index in [-0.39, 0.29) is 5.69 Å². The second kappa shape index (κ2) is 7.19. The third-order valence-corrected chi connectivity index (χ3v) is 4.33. The molecule has 0 aliphatic rings. The lowest BCUT2D eigenvalue weighted by atomic mass is 10.1. The minimum absolute atomic E-state index is 0.0823. The van der Waals surface area contributed by atoms with Gasteiger partial charge in [0.15, 0.2) is 0 Å². The molecule has 1 aromatic carbocycles. The van der Waals surface area contributed by atoms with Crippen LogP contribution >= 0.6 is 11.3 Å². The number of hydrogen-bond donors (Lipinski definition) is 1. The minimum atomic E-state index is -0.392. The highest BCUT2D eigenvalue weighted by Gasteiger charge is 2.12. The average molecular weight is 306 g/mol. The van der Waals surface area contributed by atoms with Crippen LogP contribution in [0.25, 0.3) is 0 Å². The van der Waals surface area contributed by atoms with E-state index in [9.17, 15) is 10.1 Å². The number of nitrogens with zero attached hydrogens (tertiary/aromatic N) is 1. The van der Waals surface area contributed by atoms with E-state index >= 15 is 0 Å². The fourth-order valence-corrected chi connectivity index (χ4v) is 2.86. The largest absolute Gasteiger partial charge is 0.384 e. The van der Waals surface area contributed by atoms with Crippen LogP contribution in [0.5, 0.6) is 0 Å². The Hall–Kier alpha value is -1.92. The lowest BCUT2D eigenvalue weighted by Crippen LogP contribution is -2.10. The first-order chi connectivity index (χ1) is 10.1. The van der Waals surface area contributed by atoms with Crippen molar-refractivity contribution < 1.29 is 9.66 Å². The highest BCUT2D eigenvalue weighted by molar-refractivity contribution is 7.10. The molecule has 0 saturated heterocycles. The molecule has 1 unspecified atom stereocenters. The molecule has 1 heterocycles. The number of thiophene rings is 1. The Morgan fingerprint density at radius 2 is 2.24 bits per heavy atom. The summed E-state index contributed by atoms with van der Waals surface area (Å²) in [5.74, 6) is 0.385. The van der Waals surface area contributed by atoms with Crippen molar-refractivity contribution in [1.82, 2.24) is 0 Å². The zero-order valence-corrected chi connectivity index (χ0v) is 12.9. The van der Waals surface area contributed by atoms with Gasteiger partial charge in [0.1, 0.15) is 0 Å². The molecule has 1 atom stereocenters. The van der Waals surface area contributed by atoms with E-state index in [1.54, 1.807) is 30.6 Å². The molecule has 0 radical (unpaired) electrons. The standard InChI is InChI=1S/C15H18N2O3S/c1-11(15-4-3-7-21-15)9-16-14-6-5-13(17(18)19)8-12(14)10-20-2/h3-8,11,16H,9-10H2,1-2H3. The Morgan fingerprint density at radius 3 is 2.86 bits per heavy atom. The monoisotopic (exact) mass is 306 g/mol. The van der Waals surface area contributed by atoms with Crippen molar-refractivity contribution in [1.29, 1.82) is 0 Å². The summed E-state index contributed by atoms with van der Waals surface area (Å²) in [6.07, 6.45) is 0. The maximum Gasteiger partial charge on any atom is 0.269 e. The molecule has 1 aromatic heterocycles. The highest BCUT2D eigenvalue weighted by Crippen LogP contribution is 2.25. The molecule has 5 nitrogen and oxygen atoms in total. The predicted octanol–water partition coefficient (Wildman–Crippen LogP) is 4.02. The van der Waals surface area contributed by atoms with Crippen LogP contribution in [0.15, 0.2) is 35.7 Å². The Morgan fingerprint density at radius 1 is 1.43 bits per heavy atom. The van der Waals surface area contributed by atoms with Crippen LogP contribution in [-0.2, 0) is 11.3 Å². The highest BCUT2D eigenvalue weighted by atomic mass is 32.1. The number of nitro benzene ring substituents is 1. The molecule has 6 heteroatoms. The summed E-state index contributed by atoms with van der Waals surface area (Å²) in [6, 6.07) is 8.97. The van der Waals surface area contributed by atoms with Crippen molar-refractivity contribution in [2.75, 3.05) is 19.0 Å². The summed E-state index contributed by atoms with van der Waals surface area (Å²) in [4.78, 5) is 11.8. The molecular formula is C15H18N2O3S. The molecule has 0 fully saturated rings. The van der Waals surface area contributed by atoms with Crippen LogP contribution in [0.4, 0.5) is 11.4 Å². The van der Waals surface area contributed by atoms with Gasteiger partial charge in [0.25, 0.3) is 5.69 Å². The van der Waals surface area contributed by atoms with Crippen molar-refractivity contribution in [3.63, 3.8) is 0 Å². The number of non-ortho nitro benzene ring substituents is 1. The van der Waals surface area contributed by atoms with Crippen molar-refractivity contribution in [2.45, 2.75) is 19.4 Å². The quantitative estimate of drug-likeness (QED) is 0.620. The predicted molar refractivity (Wildman–Crippen MR) is 85.0 cm³/mol. The van der Waals surface area contributed by atoms with E-state index in [0.29, 0.717) is 12.5 Å². The number of anilines is 1.